The topological polar surface area (TPSA) is 69.7 Å². The highest BCUT2D eigenvalue weighted by molar-refractivity contribution is 7.14. The molecule has 3 rings (SSSR count). The molecule has 0 radical (unpaired) electrons. The minimum absolute atomic E-state index is 0.271. The van der Waals surface area contributed by atoms with Crippen LogP contribution < -0.4 is 19.5 Å². The molecule has 29 heavy (non-hydrogen) atoms. The second kappa shape index (κ2) is 9.25. The van der Waals surface area contributed by atoms with Crippen molar-refractivity contribution >= 4 is 28.5 Å². The Morgan fingerprint density at radius 2 is 1.79 bits per heavy atom. The maximum atomic E-state index is 12.3. The summed E-state index contributed by atoms with van der Waals surface area (Å²) < 4.78 is 16.0. The molecule has 1 N–H and O–H groups in total. The molecule has 0 fully saturated rings. The molecule has 1 heterocycles. The lowest BCUT2D eigenvalue weighted by molar-refractivity contribution is -0.111. The van der Waals surface area contributed by atoms with Gasteiger partial charge in [0.15, 0.2) is 5.13 Å². The number of amides is 1. The summed E-state index contributed by atoms with van der Waals surface area (Å²) in [5.74, 6) is 1.82. The fourth-order valence-electron chi connectivity index (χ4n) is 2.77. The lowest BCUT2D eigenvalue weighted by atomic mass is 10.1. The van der Waals surface area contributed by atoms with E-state index >= 15 is 0 Å². The molecule has 0 bridgehead atoms. The first kappa shape index (κ1) is 20.4. The highest BCUT2D eigenvalue weighted by atomic mass is 32.1. The molecule has 7 heteroatoms. The van der Waals surface area contributed by atoms with Gasteiger partial charge in [-0.25, -0.2) is 4.98 Å². The van der Waals surface area contributed by atoms with Crippen molar-refractivity contribution < 1.29 is 19.0 Å². The van der Waals surface area contributed by atoms with Crippen molar-refractivity contribution in [2.75, 3.05) is 26.6 Å². The van der Waals surface area contributed by atoms with E-state index in [1.807, 2.05) is 48.7 Å². The number of aromatic nitrogens is 1. The first-order chi connectivity index (χ1) is 14.0. The van der Waals surface area contributed by atoms with Crippen molar-refractivity contribution in [2.24, 2.45) is 0 Å². The van der Waals surface area contributed by atoms with Gasteiger partial charge in [-0.3, -0.25) is 10.1 Å². The van der Waals surface area contributed by atoms with Gasteiger partial charge in [-0.15, -0.1) is 11.3 Å². The fraction of sp³-hybridized carbons (Fsp3) is 0.182. The summed E-state index contributed by atoms with van der Waals surface area (Å²) in [4.78, 5) is 16.8. The van der Waals surface area contributed by atoms with Crippen LogP contribution in [0.1, 0.15) is 11.1 Å². The lowest BCUT2D eigenvalue weighted by Crippen LogP contribution is -2.07. The van der Waals surface area contributed by atoms with Crippen LogP contribution in [0.25, 0.3) is 17.3 Å². The van der Waals surface area contributed by atoms with Crippen LogP contribution in [0, 0.1) is 6.92 Å². The Labute approximate surface area is 173 Å². The first-order valence-corrected chi connectivity index (χ1v) is 9.73. The summed E-state index contributed by atoms with van der Waals surface area (Å²) >= 11 is 1.34. The second-order valence-corrected chi connectivity index (χ2v) is 7.03. The van der Waals surface area contributed by atoms with Crippen molar-refractivity contribution in [1.82, 2.24) is 4.98 Å². The summed E-state index contributed by atoms with van der Waals surface area (Å²) in [6.45, 7) is 1.99. The van der Waals surface area contributed by atoms with Crippen LogP contribution >= 0.6 is 11.3 Å². The average molecular weight is 410 g/mol. The number of ether oxygens (including phenoxy) is 3. The van der Waals surface area contributed by atoms with Crippen LogP contribution in [0.15, 0.2) is 47.9 Å². The third-order valence-corrected chi connectivity index (χ3v) is 4.97. The number of methoxy groups -OCH3 is 3. The van der Waals surface area contributed by atoms with E-state index < -0.39 is 0 Å². The molecule has 6 nitrogen and oxygen atoms in total. The molecule has 1 amide bonds. The van der Waals surface area contributed by atoms with E-state index in [0.717, 1.165) is 16.7 Å². The number of thiazole rings is 1. The highest BCUT2D eigenvalue weighted by Crippen LogP contribution is 2.35. The summed E-state index contributed by atoms with van der Waals surface area (Å²) in [6, 6.07) is 11.3. The van der Waals surface area contributed by atoms with Crippen molar-refractivity contribution in [3.05, 3.63) is 59.0 Å². The maximum Gasteiger partial charge on any atom is 0.250 e. The van der Waals surface area contributed by atoms with Gasteiger partial charge < -0.3 is 14.2 Å². The van der Waals surface area contributed by atoms with E-state index in [0.29, 0.717) is 28.1 Å². The minimum Gasteiger partial charge on any atom is -0.497 e. The van der Waals surface area contributed by atoms with Gasteiger partial charge in [-0.05, 0) is 43.3 Å². The number of aryl methyl sites for hydroxylation is 1. The van der Waals surface area contributed by atoms with Crippen molar-refractivity contribution in [3.63, 3.8) is 0 Å². The van der Waals surface area contributed by atoms with E-state index in [1.54, 1.807) is 27.4 Å². The lowest BCUT2D eigenvalue weighted by Gasteiger charge is -2.08. The van der Waals surface area contributed by atoms with E-state index in [1.165, 1.54) is 17.4 Å². The van der Waals surface area contributed by atoms with Gasteiger partial charge >= 0.3 is 0 Å². The van der Waals surface area contributed by atoms with Gasteiger partial charge in [-0.1, -0.05) is 11.6 Å². The monoisotopic (exact) mass is 410 g/mol. The molecular formula is C22H22N2O4S. The van der Waals surface area contributed by atoms with Crippen molar-refractivity contribution in [2.45, 2.75) is 6.92 Å². The minimum atomic E-state index is -0.271. The number of carbonyl (C=O) groups excluding carboxylic acids is 1. The molecule has 0 aliphatic rings. The number of nitrogens with one attached hydrogen (secondary N) is 1. The molecular weight excluding hydrogens is 388 g/mol. The normalized spacial score (nSPS) is 10.8. The third kappa shape index (κ3) is 4.94. The largest absolute Gasteiger partial charge is 0.497 e. The van der Waals surface area contributed by atoms with E-state index in [2.05, 4.69) is 10.3 Å². The summed E-state index contributed by atoms with van der Waals surface area (Å²) in [5, 5.41) is 5.15. The SMILES string of the molecule is COc1ccc(OC)c(-c2csc(NC(=O)/C=C/c3cc(C)ccc3OC)n2)c1. The second-order valence-electron chi connectivity index (χ2n) is 6.17. The summed E-state index contributed by atoms with van der Waals surface area (Å²) in [7, 11) is 4.81. The van der Waals surface area contributed by atoms with Crippen LogP contribution in [0.2, 0.25) is 0 Å². The van der Waals surface area contributed by atoms with Crippen LogP contribution in [-0.2, 0) is 4.79 Å². The third-order valence-electron chi connectivity index (χ3n) is 4.22. The van der Waals surface area contributed by atoms with Gasteiger partial charge in [0.05, 0.1) is 27.0 Å². The zero-order chi connectivity index (χ0) is 20.8. The number of benzene rings is 2. The van der Waals surface area contributed by atoms with Gasteiger partial charge in [0.2, 0.25) is 5.91 Å². The Morgan fingerprint density at radius 1 is 1.03 bits per heavy atom. The summed E-state index contributed by atoms with van der Waals surface area (Å²) in [5.41, 5.74) is 3.42. The molecule has 0 aliphatic heterocycles. The quantitative estimate of drug-likeness (QED) is 0.567. The molecule has 1 aromatic heterocycles. The number of anilines is 1. The standard InChI is InChI=1S/C22H22N2O4S/c1-14-5-8-19(27-3)15(11-14)6-10-21(25)24-22-23-18(13-29-22)17-12-16(26-2)7-9-20(17)28-4/h5-13H,1-4H3,(H,23,24,25)/b10-6+. The maximum absolute atomic E-state index is 12.3. The van der Waals surface area contributed by atoms with Crippen molar-refractivity contribution in [3.8, 4) is 28.5 Å². The van der Waals surface area contributed by atoms with Crippen LogP contribution in [0.4, 0.5) is 5.13 Å². The van der Waals surface area contributed by atoms with E-state index in [4.69, 9.17) is 14.2 Å². The predicted molar refractivity (Wildman–Crippen MR) is 116 cm³/mol. The van der Waals surface area contributed by atoms with E-state index in [-0.39, 0.29) is 5.91 Å². The number of carbonyl (C=O) groups is 1. The Bertz CT molecular complexity index is 1040. The molecule has 0 unspecified atom stereocenters. The molecule has 0 saturated carbocycles. The Kier molecular flexibility index (Phi) is 6.51. The molecule has 0 spiro atoms. The Morgan fingerprint density at radius 3 is 2.52 bits per heavy atom. The van der Waals surface area contributed by atoms with E-state index in [9.17, 15) is 4.79 Å². The average Bonchev–Trinajstić information content (AvgIpc) is 3.20. The predicted octanol–water partition coefficient (Wildman–Crippen LogP) is 4.80. The summed E-state index contributed by atoms with van der Waals surface area (Å²) in [6.07, 6.45) is 3.19. The fourth-order valence-corrected chi connectivity index (χ4v) is 3.48. The Hall–Kier alpha value is -3.32. The number of hydrogen-bond acceptors (Lipinski definition) is 6. The molecule has 0 atom stereocenters. The highest BCUT2D eigenvalue weighted by Gasteiger charge is 2.12. The number of nitrogens with zero attached hydrogens (tertiary/aromatic N) is 1. The number of hydrogen-bond donors (Lipinski definition) is 1. The molecule has 0 aliphatic carbocycles. The van der Waals surface area contributed by atoms with Gasteiger partial charge in [0.1, 0.15) is 17.2 Å². The van der Waals surface area contributed by atoms with Crippen LogP contribution in [0.3, 0.4) is 0 Å². The van der Waals surface area contributed by atoms with Crippen LogP contribution in [0.5, 0.6) is 17.2 Å². The van der Waals surface area contributed by atoms with Crippen molar-refractivity contribution in [1.29, 1.82) is 0 Å². The smallest absolute Gasteiger partial charge is 0.250 e. The zero-order valence-corrected chi connectivity index (χ0v) is 17.5. The van der Waals surface area contributed by atoms with Gasteiger partial charge in [0.25, 0.3) is 0 Å². The molecule has 3 aromatic rings. The number of rotatable bonds is 7. The van der Waals surface area contributed by atoms with Crippen LogP contribution in [-0.4, -0.2) is 32.2 Å². The van der Waals surface area contributed by atoms with Gasteiger partial charge in [0, 0.05) is 22.6 Å². The Balaban J connectivity index is 1.75. The van der Waals surface area contributed by atoms with Gasteiger partial charge in [-0.2, -0.15) is 0 Å². The molecule has 150 valence electrons. The zero-order valence-electron chi connectivity index (χ0n) is 16.7. The molecule has 0 saturated heterocycles. The molecule has 2 aromatic carbocycles. The first-order valence-electron chi connectivity index (χ1n) is 8.85.